The highest BCUT2D eigenvalue weighted by molar-refractivity contribution is 7.98. The molecule has 0 spiro atoms. The maximum atomic E-state index is 5.92. The number of thioether (sulfide) groups is 1. The minimum Gasteiger partial charge on any atom is -0.370 e. The lowest BCUT2D eigenvalue weighted by Gasteiger charge is -2.06. The molecular formula is C13H22ClN3S. The summed E-state index contributed by atoms with van der Waals surface area (Å²) in [6, 6.07) is 1.78. The Morgan fingerprint density at radius 1 is 1.17 bits per heavy atom. The fraction of sp³-hybridized carbons (Fsp3) is 0.692. The van der Waals surface area contributed by atoms with Gasteiger partial charge in [0.1, 0.15) is 11.0 Å². The monoisotopic (exact) mass is 287 g/mol. The molecule has 18 heavy (non-hydrogen) atoms. The highest BCUT2D eigenvalue weighted by atomic mass is 35.5. The van der Waals surface area contributed by atoms with E-state index in [1.165, 1.54) is 50.3 Å². The van der Waals surface area contributed by atoms with Crippen molar-refractivity contribution in [3.05, 3.63) is 11.2 Å². The lowest BCUT2D eigenvalue weighted by atomic mass is 10.1. The second-order valence-electron chi connectivity index (χ2n) is 4.26. The second kappa shape index (κ2) is 9.45. The SMILES string of the molecule is CCCCCCCCNc1cc(Cl)nc(SC)n1. The van der Waals surface area contributed by atoms with Crippen molar-refractivity contribution in [3.63, 3.8) is 0 Å². The van der Waals surface area contributed by atoms with Crippen LogP contribution in [0.5, 0.6) is 0 Å². The minimum absolute atomic E-state index is 0.500. The molecule has 0 amide bonds. The molecule has 5 heteroatoms. The Balaban J connectivity index is 2.20. The van der Waals surface area contributed by atoms with Crippen LogP contribution in [0.3, 0.4) is 0 Å². The molecule has 1 rings (SSSR count). The molecule has 102 valence electrons. The first-order valence-electron chi connectivity index (χ1n) is 6.58. The Bertz CT molecular complexity index is 347. The molecule has 0 aromatic carbocycles. The van der Waals surface area contributed by atoms with Crippen molar-refractivity contribution in [3.8, 4) is 0 Å². The number of hydrogen-bond acceptors (Lipinski definition) is 4. The van der Waals surface area contributed by atoms with Gasteiger partial charge in [0, 0.05) is 12.6 Å². The molecule has 1 heterocycles. The maximum Gasteiger partial charge on any atom is 0.190 e. The second-order valence-corrected chi connectivity index (χ2v) is 5.42. The number of aromatic nitrogens is 2. The first-order chi connectivity index (χ1) is 8.76. The van der Waals surface area contributed by atoms with Crippen molar-refractivity contribution >= 4 is 29.2 Å². The number of nitrogens with zero attached hydrogens (tertiary/aromatic N) is 2. The predicted molar refractivity (Wildman–Crippen MR) is 80.7 cm³/mol. The third-order valence-electron chi connectivity index (χ3n) is 2.69. The standard InChI is InChI=1S/C13H22ClN3S/c1-3-4-5-6-7-8-9-15-12-10-11(14)16-13(17-12)18-2/h10H,3-9H2,1-2H3,(H,15,16,17). The molecule has 0 bridgehead atoms. The van der Waals surface area contributed by atoms with Crippen LogP contribution in [0.15, 0.2) is 11.2 Å². The van der Waals surface area contributed by atoms with Crippen molar-refractivity contribution in [2.75, 3.05) is 18.1 Å². The summed E-state index contributed by atoms with van der Waals surface area (Å²) < 4.78 is 0. The van der Waals surface area contributed by atoms with E-state index in [2.05, 4.69) is 22.2 Å². The quantitative estimate of drug-likeness (QED) is 0.311. The van der Waals surface area contributed by atoms with Crippen LogP contribution in [0.4, 0.5) is 5.82 Å². The van der Waals surface area contributed by atoms with Gasteiger partial charge in [-0.3, -0.25) is 0 Å². The molecular weight excluding hydrogens is 266 g/mol. The van der Waals surface area contributed by atoms with Gasteiger partial charge in [0.25, 0.3) is 0 Å². The van der Waals surface area contributed by atoms with Gasteiger partial charge >= 0.3 is 0 Å². The van der Waals surface area contributed by atoms with Gasteiger partial charge in [-0.2, -0.15) is 0 Å². The van der Waals surface area contributed by atoms with Crippen molar-refractivity contribution in [2.45, 2.75) is 50.6 Å². The van der Waals surface area contributed by atoms with Crippen molar-refractivity contribution in [1.82, 2.24) is 9.97 Å². The molecule has 0 fully saturated rings. The van der Waals surface area contributed by atoms with Gasteiger partial charge in [-0.15, -0.1) is 0 Å². The fourth-order valence-corrected chi connectivity index (χ4v) is 2.31. The minimum atomic E-state index is 0.500. The van der Waals surface area contributed by atoms with Gasteiger partial charge in [0.05, 0.1) is 0 Å². The Hall–Kier alpha value is -0.480. The number of unbranched alkanes of at least 4 members (excludes halogenated alkanes) is 5. The Morgan fingerprint density at radius 3 is 2.61 bits per heavy atom. The van der Waals surface area contributed by atoms with Crippen LogP contribution < -0.4 is 5.32 Å². The summed E-state index contributed by atoms with van der Waals surface area (Å²) >= 11 is 7.42. The van der Waals surface area contributed by atoms with Crippen molar-refractivity contribution in [2.24, 2.45) is 0 Å². The molecule has 1 N–H and O–H groups in total. The first kappa shape index (κ1) is 15.6. The summed E-state index contributed by atoms with van der Waals surface area (Å²) in [7, 11) is 0. The molecule has 0 radical (unpaired) electrons. The lowest BCUT2D eigenvalue weighted by molar-refractivity contribution is 0.616. The summed E-state index contributed by atoms with van der Waals surface area (Å²) in [4.78, 5) is 8.46. The van der Waals surface area contributed by atoms with Gasteiger partial charge in [0.15, 0.2) is 5.16 Å². The average molecular weight is 288 g/mol. The smallest absolute Gasteiger partial charge is 0.190 e. The van der Waals surface area contributed by atoms with E-state index in [-0.39, 0.29) is 0 Å². The molecule has 0 unspecified atom stereocenters. The molecule has 0 aliphatic rings. The molecule has 0 atom stereocenters. The topological polar surface area (TPSA) is 37.8 Å². The van der Waals surface area contributed by atoms with E-state index in [1.54, 1.807) is 6.07 Å². The Morgan fingerprint density at radius 2 is 1.89 bits per heavy atom. The van der Waals surface area contributed by atoms with Crippen LogP contribution >= 0.6 is 23.4 Å². The molecule has 3 nitrogen and oxygen atoms in total. The summed E-state index contributed by atoms with van der Waals surface area (Å²) in [5.41, 5.74) is 0. The number of halogens is 1. The molecule has 1 aromatic heterocycles. The molecule has 1 aromatic rings. The number of rotatable bonds is 9. The van der Waals surface area contributed by atoms with E-state index in [1.807, 2.05) is 6.26 Å². The van der Waals surface area contributed by atoms with E-state index in [0.29, 0.717) is 10.3 Å². The lowest BCUT2D eigenvalue weighted by Crippen LogP contribution is -2.04. The van der Waals surface area contributed by atoms with Crippen LogP contribution in [0, 0.1) is 0 Å². The van der Waals surface area contributed by atoms with E-state index in [0.717, 1.165) is 12.4 Å². The number of nitrogens with one attached hydrogen (secondary N) is 1. The Kier molecular flexibility index (Phi) is 8.18. The Labute approximate surface area is 119 Å². The van der Waals surface area contributed by atoms with Crippen LogP contribution in [-0.4, -0.2) is 22.8 Å². The summed E-state index contributed by atoms with van der Waals surface area (Å²) in [5.74, 6) is 0.827. The van der Waals surface area contributed by atoms with Gasteiger partial charge in [-0.25, -0.2) is 9.97 Å². The maximum absolute atomic E-state index is 5.92. The normalized spacial score (nSPS) is 10.6. The molecule has 0 saturated heterocycles. The third-order valence-corrected chi connectivity index (χ3v) is 3.43. The van der Waals surface area contributed by atoms with E-state index < -0.39 is 0 Å². The summed E-state index contributed by atoms with van der Waals surface area (Å²) in [5, 5.41) is 4.52. The molecule has 0 aliphatic heterocycles. The summed E-state index contributed by atoms with van der Waals surface area (Å²) in [6.07, 6.45) is 9.74. The van der Waals surface area contributed by atoms with E-state index in [9.17, 15) is 0 Å². The van der Waals surface area contributed by atoms with Crippen LogP contribution in [-0.2, 0) is 0 Å². The summed E-state index contributed by atoms with van der Waals surface area (Å²) in [6.45, 7) is 3.19. The molecule has 0 saturated carbocycles. The zero-order chi connectivity index (χ0) is 13.2. The van der Waals surface area contributed by atoms with Crippen molar-refractivity contribution in [1.29, 1.82) is 0 Å². The highest BCUT2D eigenvalue weighted by Gasteiger charge is 2.01. The fourth-order valence-electron chi connectivity index (χ4n) is 1.70. The zero-order valence-corrected chi connectivity index (χ0v) is 12.8. The van der Waals surface area contributed by atoms with Gasteiger partial charge in [-0.05, 0) is 12.7 Å². The third kappa shape index (κ3) is 6.45. The zero-order valence-electron chi connectivity index (χ0n) is 11.2. The number of hydrogen-bond donors (Lipinski definition) is 1. The van der Waals surface area contributed by atoms with Gasteiger partial charge in [0.2, 0.25) is 0 Å². The highest BCUT2D eigenvalue weighted by Crippen LogP contribution is 2.17. The number of anilines is 1. The predicted octanol–water partition coefficient (Wildman–Crippen LogP) is 4.62. The largest absolute Gasteiger partial charge is 0.370 e. The van der Waals surface area contributed by atoms with Crippen LogP contribution in [0.1, 0.15) is 45.4 Å². The average Bonchev–Trinajstić information content (AvgIpc) is 2.37. The van der Waals surface area contributed by atoms with E-state index in [4.69, 9.17) is 11.6 Å². The van der Waals surface area contributed by atoms with Gasteiger partial charge < -0.3 is 5.32 Å². The van der Waals surface area contributed by atoms with Crippen LogP contribution in [0.25, 0.3) is 0 Å². The van der Waals surface area contributed by atoms with E-state index >= 15 is 0 Å². The first-order valence-corrected chi connectivity index (χ1v) is 8.19. The van der Waals surface area contributed by atoms with Gasteiger partial charge in [-0.1, -0.05) is 62.4 Å². The van der Waals surface area contributed by atoms with Crippen molar-refractivity contribution < 1.29 is 0 Å². The molecule has 0 aliphatic carbocycles. The van der Waals surface area contributed by atoms with Crippen LogP contribution in [0.2, 0.25) is 5.15 Å².